The molecule has 0 spiro atoms. The van der Waals surface area contributed by atoms with Crippen molar-refractivity contribution in [2.45, 2.75) is 38.6 Å². The molecule has 2 aromatic carbocycles. The van der Waals surface area contributed by atoms with Gasteiger partial charge in [-0.2, -0.15) is 0 Å². The average molecular weight is 353 g/mol. The number of amides is 1. The standard InChI is InChI=1S/C21H23NO4/c1-14-11-25-20(16-6-4-3-5-7-16)15(2)22(14)21(23)17-8-9-19-18(10-17)12-24-13-26-19/h3-10,14-15,20H,11-13H2,1-2H3/t14-,15+,20-/m1/s1. The van der Waals surface area contributed by atoms with E-state index in [1.807, 2.05) is 60.4 Å². The Balaban J connectivity index is 1.61. The van der Waals surface area contributed by atoms with Gasteiger partial charge in [-0.1, -0.05) is 30.3 Å². The molecule has 0 unspecified atom stereocenters. The third-order valence-electron chi connectivity index (χ3n) is 5.09. The van der Waals surface area contributed by atoms with Crippen molar-refractivity contribution in [1.29, 1.82) is 0 Å². The van der Waals surface area contributed by atoms with Crippen LogP contribution in [-0.2, 0) is 16.1 Å². The zero-order chi connectivity index (χ0) is 18.1. The second-order valence-electron chi connectivity index (χ2n) is 6.90. The molecule has 0 aromatic heterocycles. The van der Waals surface area contributed by atoms with E-state index >= 15 is 0 Å². The van der Waals surface area contributed by atoms with E-state index in [-0.39, 0.29) is 30.9 Å². The first-order valence-corrected chi connectivity index (χ1v) is 8.98. The molecule has 2 aliphatic rings. The predicted octanol–water partition coefficient (Wildman–Crippen LogP) is 3.54. The van der Waals surface area contributed by atoms with Gasteiger partial charge in [0.25, 0.3) is 5.91 Å². The van der Waals surface area contributed by atoms with Gasteiger partial charge in [-0.3, -0.25) is 4.79 Å². The Labute approximate surface area is 153 Å². The average Bonchev–Trinajstić information content (AvgIpc) is 2.68. The number of morpholine rings is 1. The topological polar surface area (TPSA) is 48.0 Å². The van der Waals surface area contributed by atoms with E-state index in [0.717, 1.165) is 16.9 Å². The summed E-state index contributed by atoms with van der Waals surface area (Å²) in [5.74, 6) is 0.806. The fourth-order valence-electron chi connectivity index (χ4n) is 3.78. The van der Waals surface area contributed by atoms with Crippen molar-refractivity contribution in [3.8, 4) is 5.75 Å². The molecule has 2 heterocycles. The SMILES string of the molecule is C[C@@H]1CO[C@@H](c2ccccc2)[C@H](C)N1C(=O)c1ccc2c(c1)COCO2. The van der Waals surface area contributed by atoms with Gasteiger partial charge in [0.05, 0.1) is 25.3 Å². The highest BCUT2D eigenvalue weighted by Crippen LogP contribution is 2.33. The lowest BCUT2D eigenvalue weighted by Crippen LogP contribution is -2.53. The molecule has 1 fully saturated rings. The lowest BCUT2D eigenvalue weighted by atomic mass is 9.97. The van der Waals surface area contributed by atoms with Crippen LogP contribution in [0.5, 0.6) is 5.75 Å². The van der Waals surface area contributed by atoms with Gasteiger partial charge in [-0.15, -0.1) is 0 Å². The Morgan fingerprint density at radius 1 is 1.12 bits per heavy atom. The summed E-state index contributed by atoms with van der Waals surface area (Å²) in [5, 5.41) is 0. The van der Waals surface area contributed by atoms with E-state index in [2.05, 4.69) is 6.92 Å². The van der Waals surface area contributed by atoms with Gasteiger partial charge in [0.1, 0.15) is 11.9 Å². The predicted molar refractivity (Wildman–Crippen MR) is 97.0 cm³/mol. The van der Waals surface area contributed by atoms with Gasteiger partial charge in [-0.25, -0.2) is 0 Å². The zero-order valence-electron chi connectivity index (χ0n) is 15.1. The highest BCUT2D eigenvalue weighted by Gasteiger charge is 2.37. The van der Waals surface area contributed by atoms with E-state index in [4.69, 9.17) is 14.2 Å². The van der Waals surface area contributed by atoms with Crippen LogP contribution in [-0.4, -0.2) is 36.3 Å². The molecule has 4 rings (SSSR count). The summed E-state index contributed by atoms with van der Waals surface area (Å²) in [6.45, 7) is 5.33. The monoisotopic (exact) mass is 353 g/mol. The molecule has 5 nitrogen and oxygen atoms in total. The maximum absolute atomic E-state index is 13.3. The minimum atomic E-state index is -0.124. The molecule has 0 N–H and O–H groups in total. The number of nitrogens with zero attached hydrogens (tertiary/aromatic N) is 1. The van der Waals surface area contributed by atoms with Gasteiger partial charge in [0.15, 0.2) is 6.79 Å². The molecule has 26 heavy (non-hydrogen) atoms. The van der Waals surface area contributed by atoms with Crippen LogP contribution in [0.4, 0.5) is 0 Å². The van der Waals surface area contributed by atoms with Crippen molar-refractivity contribution in [1.82, 2.24) is 4.90 Å². The number of rotatable bonds is 2. The van der Waals surface area contributed by atoms with Crippen LogP contribution in [0.1, 0.15) is 41.4 Å². The number of hydrogen-bond donors (Lipinski definition) is 0. The number of fused-ring (bicyclic) bond motifs is 1. The molecular formula is C21H23NO4. The Hall–Kier alpha value is -2.37. The third kappa shape index (κ3) is 3.08. The zero-order valence-corrected chi connectivity index (χ0v) is 15.1. The van der Waals surface area contributed by atoms with Gasteiger partial charge in [0, 0.05) is 11.1 Å². The molecule has 3 atom stereocenters. The molecule has 1 amide bonds. The summed E-state index contributed by atoms with van der Waals surface area (Å²) in [7, 11) is 0. The van der Waals surface area contributed by atoms with Crippen molar-refractivity contribution >= 4 is 5.91 Å². The minimum Gasteiger partial charge on any atom is -0.467 e. The van der Waals surface area contributed by atoms with E-state index in [0.29, 0.717) is 18.8 Å². The largest absolute Gasteiger partial charge is 0.467 e. The summed E-state index contributed by atoms with van der Waals surface area (Å²) >= 11 is 0. The van der Waals surface area contributed by atoms with Gasteiger partial charge in [0.2, 0.25) is 0 Å². The summed E-state index contributed by atoms with van der Waals surface area (Å²) < 4.78 is 16.8. The van der Waals surface area contributed by atoms with Crippen molar-refractivity contribution in [3.63, 3.8) is 0 Å². The molecule has 1 saturated heterocycles. The summed E-state index contributed by atoms with van der Waals surface area (Å²) in [6.07, 6.45) is -0.124. The molecule has 136 valence electrons. The van der Waals surface area contributed by atoms with Crippen LogP contribution < -0.4 is 4.74 Å². The lowest BCUT2D eigenvalue weighted by Gasteiger charge is -2.44. The van der Waals surface area contributed by atoms with Crippen LogP contribution in [0.2, 0.25) is 0 Å². The molecule has 5 heteroatoms. The quantitative estimate of drug-likeness (QED) is 0.828. The molecule has 0 saturated carbocycles. The Morgan fingerprint density at radius 2 is 1.92 bits per heavy atom. The van der Waals surface area contributed by atoms with Crippen LogP contribution in [0, 0.1) is 0 Å². The van der Waals surface area contributed by atoms with E-state index in [1.54, 1.807) is 0 Å². The van der Waals surface area contributed by atoms with Crippen LogP contribution >= 0.6 is 0 Å². The van der Waals surface area contributed by atoms with Crippen LogP contribution in [0.15, 0.2) is 48.5 Å². The maximum atomic E-state index is 13.3. The Kier molecular flexibility index (Phi) is 4.66. The van der Waals surface area contributed by atoms with Crippen molar-refractivity contribution in [3.05, 3.63) is 65.2 Å². The molecular weight excluding hydrogens is 330 g/mol. The maximum Gasteiger partial charge on any atom is 0.254 e. The second kappa shape index (κ2) is 7.09. The smallest absolute Gasteiger partial charge is 0.254 e. The first-order valence-electron chi connectivity index (χ1n) is 8.98. The molecule has 0 bridgehead atoms. The lowest BCUT2D eigenvalue weighted by molar-refractivity contribution is -0.0806. The third-order valence-corrected chi connectivity index (χ3v) is 5.09. The number of hydrogen-bond acceptors (Lipinski definition) is 4. The first-order chi connectivity index (χ1) is 12.6. The minimum absolute atomic E-state index is 0.0148. The van der Waals surface area contributed by atoms with Crippen molar-refractivity contribution < 1.29 is 19.0 Å². The second-order valence-corrected chi connectivity index (χ2v) is 6.90. The van der Waals surface area contributed by atoms with E-state index in [9.17, 15) is 4.79 Å². The van der Waals surface area contributed by atoms with Gasteiger partial charge in [-0.05, 0) is 37.6 Å². The molecule has 0 radical (unpaired) electrons. The van der Waals surface area contributed by atoms with Crippen LogP contribution in [0.25, 0.3) is 0 Å². The molecule has 0 aliphatic carbocycles. The number of carbonyl (C=O) groups is 1. The molecule has 2 aliphatic heterocycles. The first kappa shape index (κ1) is 17.1. The van der Waals surface area contributed by atoms with Crippen molar-refractivity contribution in [2.24, 2.45) is 0 Å². The Morgan fingerprint density at radius 3 is 2.73 bits per heavy atom. The highest BCUT2D eigenvalue weighted by molar-refractivity contribution is 5.95. The van der Waals surface area contributed by atoms with E-state index in [1.165, 1.54) is 0 Å². The normalized spacial score (nSPS) is 25.3. The summed E-state index contributed by atoms with van der Waals surface area (Å²) in [6, 6.07) is 15.6. The fraction of sp³-hybridized carbons (Fsp3) is 0.381. The highest BCUT2D eigenvalue weighted by atomic mass is 16.7. The number of carbonyl (C=O) groups excluding carboxylic acids is 1. The number of ether oxygens (including phenoxy) is 3. The van der Waals surface area contributed by atoms with Crippen LogP contribution in [0.3, 0.4) is 0 Å². The molecule has 2 aromatic rings. The summed E-state index contributed by atoms with van der Waals surface area (Å²) in [4.78, 5) is 15.2. The van der Waals surface area contributed by atoms with Crippen molar-refractivity contribution in [2.75, 3.05) is 13.4 Å². The summed E-state index contributed by atoms with van der Waals surface area (Å²) in [5.41, 5.74) is 2.66. The Bertz CT molecular complexity index is 792. The van der Waals surface area contributed by atoms with Gasteiger partial charge >= 0.3 is 0 Å². The van der Waals surface area contributed by atoms with Gasteiger partial charge < -0.3 is 19.1 Å². The van der Waals surface area contributed by atoms with E-state index < -0.39 is 0 Å². The fourth-order valence-corrected chi connectivity index (χ4v) is 3.78. The number of benzene rings is 2.